The van der Waals surface area contributed by atoms with Crippen LogP contribution in [0.15, 0.2) is 52.9 Å². The number of ether oxygens (including phenoxy) is 1. The molecule has 0 spiro atoms. The first-order valence-corrected chi connectivity index (χ1v) is 11.5. The van der Waals surface area contributed by atoms with Gasteiger partial charge in [0.25, 0.3) is 5.56 Å². The van der Waals surface area contributed by atoms with Crippen LogP contribution in [-0.4, -0.2) is 21.9 Å². The summed E-state index contributed by atoms with van der Waals surface area (Å²) in [6.07, 6.45) is 7.13. The third kappa shape index (κ3) is 4.03. The molecule has 0 bridgehead atoms. The molecule has 1 aliphatic rings. The Labute approximate surface area is 173 Å². The van der Waals surface area contributed by atoms with E-state index in [4.69, 9.17) is 9.72 Å². The molecular weight excluding hydrogens is 388 g/mol. The van der Waals surface area contributed by atoms with Crippen molar-refractivity contribution in [3.05, 3.63) is 63.8 Å². The standard InChI is InChI=1S/C22H24N2O2S2/c1-2-13-24-21(25)19-17-11-6-7-12-18(17)28-20(19)23-22(24)27-15-8-14-26-16-9-4-3-5-10-16/h2-5,9-10H,1,6-8,11-15H2. The second kappa shape index (κ2) is 8.97. The van der Waals surface area contributed by atoms with Gasteiger partial charge in [0.15, 0.2) is 5.16 Å². The molecule has 4 nitrogen and oxygen atoms in total. The van der Waals surface area contributed by atoms with Crippen molar-refractivity contribution in [1.29, 1.82) is 0 Å². The number of hydrogen-bond acceptors (Lipinski definition) is 5. The topological polar surface area (TPSA) is 44.1 Å². The number of fused-ring (bicyclic) bond motifs is 3. The number of rotatable bonds is 8. The number of aromatic nitrogens is 2. The Bertz CT molecular complexity index is 1020. The molecule has 0 saturated carbocycles. The Hall–Kier alpha value is -2.05. The van der Waals surface area contributed by atoms with Crippen LogP contribution in [0, 0.1) is 0 Å². The fraction of sp³-hybridized carbons (Fsp3) is 0.364. The molecule has 1 aliphatic carbocycles. The zero-order valence-electron chi connectivity index (χ0n) is 15.9. The van der Waals surface area contributed by atoms with E-state index in [1.165, 1.54) is 16.9 Å². The summed E-state index contributed by atoms with van der Waals surface area (Å²) in [5.74, 6) is 1.74. The molecule has 0 radical (unpaired) electrons. The van der Waals surface area contributed by atoms with Crippen molar-refractivity contribution >= 4 is 33.3 Å². The fourth-order valence-electron chi connectivity index (χ4n) is 3.55. The van der Waals surface area contributed by atoms with Gasteiger partial charge in [-0.2, -0.15) is 0 Å². The van der Waals surface area contributed by atoms with Crippen LogP contribution in [0.25, 0.3) is 10.2 Å². The number of hydrogen-bond donors (Lipinski definition) is 0. The number of para-hydroxylation sites is 1. The average Bonchev–Trinajstić information content (AvgIpc) is 3.09. The van der Waals surface area contributed by atoms with Crippen LogP contribution in [-0.2, 0) is 19.4 Å². The highest BCUT2D eigenvalue weighted by molar-refractivity contribution is 7.99. The van der Waals surface area contributed by atoms with Crippen LogP contribution >= 0.6 is 23.1 Å². The zero-order chi connectivity index (χ0) is 19.3. The molecule has 1 aromatic carbocycles. The smallest absolute Gasteiger partial charge is 0.263 e. The van der Waals surface area contributed by atoms with Crippen molar-refractivity contribution < 1.29 is 4.74 Å². The monoisotopic (exact) mass is 412 g/mol. The zero-order valence-corrected chi connectivity index (χ0v) is 17.5. The normalized spacial score (nSPS) is 13.4. The minimum absolute atomic E-state index is 0.0901. The van der Waals surface area contributed by atoms with Gasteiger partial charge in [0.05, 0.1) is 12.0 Å². The molecule has 2 heterocycles. The molecule has 0 unspecified atom stereocenters. The molecule has 0 aliphatic heterocycles. The van der Waals surface area contributed by atoms with Crippen LogP contribution in [0.3, 0.4) is 0 Å². The number of benzene rings is 1. The third-order valence-corrected chi connectivity index (χ3v) is 7.13. The molecule has 0 N–H and O–H groups in total. The number of nitrogens with zero attached hydrogens (tertiary/aromatic N) is 2. The number of thioether (sulfide) groups is 1. The van der Waals surface area contributed by atoms with Crippen LogP contribution in [0.1, 0.15) is 29.7 Å². The van der Waals surface area contributed by atoms with Crippen LogP contribution in [0.2, 0.25) is 0 Å². The predicted molar refractivity (Wildman–Crippen MR) is 118 cm³/mol. The van der Waals surface area contributed by atoms with Gasteiger partial charge in [-0.05, 0) is 49.8 Å². The van der Waals surface area contributed by atoms with Gasteiger partial charge in [0.1, 0.15) is 10.6 Å². The molecule has 2 aromatic heterocycles. The van der Waals surface area contributed by atoms with Crippen molar-refractivity contribution in [1.82, 2.24) is 9.55 Å². The fourth-order valence-corrected chi connectivity index (χ4v) is 5.77. The van der Waals surface area contributed by atoms with Crippen LogP contribution in [0.4, 0.5) is 0 Å². The lowest BCUT2D eigenvalue weighted by atomic mass is 9.97. The van der Waals surface area contributed by atoms with E-state index in [-0.39, 0.29) is 5.56 Å². The van der Waals surface area contributed by atoms with Crippen molar-refractivity contribution in [2.75, 3.05) is 12.4 Å². The summed E-state index contributed by atoms with van der Waals surface area (Å²) in [6.45, 7) is 4.97. The molecule has 3 aromatic rings. The Morgan fingerprint density at radius 2 is 2.07 bits per heavy atom. The first-order valence-electron chi connectivity index (χ1n) is 9.74. The van der Waals surface area contributed by atoms with E-state index >= 15 is 0 Å². The van der Waals surface area contributed by atoms with E-state index in [1.54, 1.807) is 33.7 Å². The van der Waals surface area contributed by atoms with Gasteiger partial charge >= 0.3 is 0 Å². The average molecular weight is 413 g/mol. The van der Waals surface area contributed by atoms with Gasteiger partial charge in [0, 0.05) is 17.2 Å². The SMILES string of the molecule is C=CCn1c(SCCCOc2ccccc2)nc2sc3c(c2c1=O)CCCC3. The molecule has 28 heavy (non-hydrogen) atoms. The van der Waals surface area contributed by atoms with Crippen LogP contribution < -0.4 is 10.3 Å². The minimum atomic E-state index is 0.0901. The summed E-state index contributed by atoms with van der Waals surface area (Å²) in [5.41, 5.74) is 1.33. The lowest BCUT2D eigenvalue weighted by Gasteiger charge is -2.12. The highest BCUT2D eigenvalue weighted by Crippen LogP contribution is 2.34. The maximum absolute atomic E-state index is 13.2. The maximum atomic E-state index is 13.2. The predicted octanol–water partition coefficient (Wildman–Crippen LogP) is 5.08. The van der Waals surface area contributed by atoms with E-state index in [1.807, 2.05) is 30.3 Å². The summed E-state index contributed by atoms with van der Waals surface area (Å²) in [7, 11) is 0. The molecule has 0 atom stereocenters. The quantitative estimate of drug-likeness (QED) is 0.224. The molecular formula is C22H24N2O2S2. The minimum Gasteiger partial charge on any atom is -0.494 e. The highest BCUT2D eigenvalue weighted by Gasteiger charge is 2.21. The van der Waals surface area contributed by atoms with E-state index in [0.717, 1.165) is 52.6 Å². The number of thiophene rings is 1. The lowest BCUT2D eigenvalue weighted by molar-refractivity contribution is 0.318. The Morgan fingerprint density at radius 1 is 1.25 bits per heavy atom. The molecule has 0 amide bonds. The van der Waals surface area contributed by atoms with Gasteiger partial charge in [-0.1, -0.05) is 36.0 Å². The molecule has 4 rings (SSSR count). The first kappa shape index (κ1) is 19.3. The van der Waals surface area contributed by atoms with Gasteiger partial charge in [-0.25, -0.2) is 4.98 Å². The van der Waals surface area contributed by atoms with E-state index in [0.29, 0.717) is 13.2 Å². The van der Waals surface area contributed by atoms with Crippen molar-refractivity contribution in [2.24, 2.45) is 0 Å². The van der Waals surface area contributed by atoms with Gasteiger partial charge in [-0.3, -0.25) is 9.36 Å². The lowest BCUT2D eigenvalue weighted by Crippen LogP contribution is -2.23. The maximum Gasteiger partial charge on any atom is 0.263 e. The Kier molecular flexibility index (Phi) is 6.17. The number of allylic oxidation sites excluding steroid dienone is 1. The van der Waals surface area contributed by atoms with Crippen LogP contribution in [0.5, 0.6) is 5.75 Å². The van der Waals surface area contributed by atoms with Gasteiger partial charge in [-0.15, -0.1) is 17.9 Å². The molecule has 146 valence electrons. The van der Waals surface area contributed by atoms with Gasteiger partial charge in [0.2, 0.25) is 0 Å². The van der Waals surface area contributed by atoms with Gasteiger partial charge < -0.3 is 4.74 Å². The molecule has 0 saturated heterocycles. The summed E-state index contributed by atoms with van der Waals surface area (Å²) in [5, 5.41) is 1.63. The summed E-state index contributed by atoms with van der Waals surface area (Å²) < 4.78 is 7.53. The van der Waals surface area contributed by atoms with Crippen molar-refractivity contribution in [2.45, 2.75) is 43.8 Å². The van der Waals surface area contributed by atoms with E-state index in [9.17, 15) is 4.79 Å². The second-order valence-electron chi connectivity index (χ2n) is 6.85. The van der Waals surface area contributed by atoms with E-state index < -0.39 is 0 Å². The first-order chi connectivity index (χ1) is 13.8. The third-order valence-electron chi connectivity index (χ3n) is 4.88. The Balaban J connectivity index is 1.50. The van der Waals surface area contributed by atoms with E-state index in [2.05, 4.69) is 6.58 Å². The number of aryl methyl sites for hydroxylation is 2. The van der Waals surface area contributed by atoms with Crippen molar-refractivity contribution in [3.63, 3.8) is 0 Å². The molecule has 6 heteroatoms. The van der Waals surface area contributed by atoms with Crippen molar-refractivity contribution in [3.8, 4) is 5.75 Å². The Morgan fingerprint density at radius 3 is 2.89 bits per heavy atom. The summed E-state index contributed by atoms with van der Waals surface area (Å²) >= 11 is 3.34. The summed E-state index contributed by atoms with van der Waals surface area (Å²) in [4.78, 5) is 20.3. The molecule has 0 fully saturated rings. The summed E-state index contributed by atoms with van der Waals surface area (Å²) in [6, 6.07) is 9.84. The largest absolute Gasteiger partial charge is 0.494 e. The highest BCUT2D eigenvalue weighted by atomic mass is 32.2. The second-order valence-corrected chi connectivity index (χ2v) is 9.00.